The standard InChI is InChI=1S/C25H24N4S/c1-2-10-23(30)25-27-26-24(29(25)18-11-4-3-5-12-18)17-28-21-15-8-6-13-19(21)20-14-7-9-16-22(20)28/h3-9,11-16,23,30H,2,10,17H2,1H3. The molecule has 2 heterocycles. The molecule has 0 fully saturated rings. The highest BCUT2D eigenvalue weighted by molar-refractivity contribution is 7.80. The predicted molar refractivity (Wildman–Crippen MR) is 127 cm³/mol. The van der Waals surface area contributed by atoms with Crippen LogP contribution in [0.3, 0.4) is 0 Å². The molecule has 150 valence electrons. The van der Waals surface area contributed by atoms with Gasteiger partial charge in [0.1, 0.15) is 0 Å². The number of nitrogens with zero attached hydrogens (tertiary/aromatic N) is 4. The largest absolute Gasteiger partial charge is 0.333 e. The lowest BCUT2D eigenvalue weighted by Crippen LogP contribution is -2.10. The molecule has 0 saturated heterocycles. The van der Waals surface area contributed by atoms with Crippen molar-refractivity contribution in [2.24, 2.45) is 0 Å². The Morgan fingerprint density at radius 1 is 0.800 bits per heavy atom. The van der Waals surface area contributed by atoms with Crippen LogP contribution in [0.5, 0.6) is 0 Å². The van der Waals surface area contributed by atoms with Crippen molar-refractivity contribution in [1.82, 2.24) is 19.3 Å². The molecule has 4 nitrogen and oxygen atoms in total. The number of fused-ring (bicyclic) bond motifs is 3. The maximum atomic E-state index is 4.83. The van der Waals surface area contributed by atoms with Crippen molar-refractivity contribution >= 4 is 34.4 Å². The lowest BCUT2D eigenvalue weighted by Gasteiger charge is -2.15. The van der Waals surface area contributed by atoms with Crippen molar-refractivity contribution in [3.8, 4) is 5.69 Å². The molecule has 0 radical (unpaired) electrons. The zero-order valence-electron chi connectivity index (χ0n) is 16.9. The van der Waals surface area contributed by atoms with Crippen LogP contribution in [0.1, 0.15) is 36.7 Å². The van der Waals surface area contributed by atoms with E-state index in [4.69, 9.17) is 12.6 Å². The summed E-state index contributed by atoms with van der Waals surface area (Å²) in [5.41, 5.74) is 3.49. The number of rotatable bonds is 6. The van der Waals surface area contributed by atoms with Crippen LogP contribution in [0, 0.1) is 0 Å². The van der Waals surface area contributed by atoms with E-state index in [-0.39, 0.29) is 5.25 Å². The van der Waals surface area contributed by atoms with Gasteiger partial charge in [0.2, 0.25) is 0 Å². The minimum Gasteiger partial charge on any atom is -0.333 e. The number of benzene rings is 3. The molecule has 5 rings (SSSR count). The number of thiol groups is 1. The first-order valence-corrected chi connectivity index (χ1v) is 10.9. The molecule has 0 spiro atoms. The first-order valence-electron chi connectivity index (χ1n) is 10.4. The Morgan fingerprint density at radius 2 is 1.40 bits per heavy atom. The van der Waals surface area contributed by atoms with Gasteiger partial charge in [-0.1, -0.05) is 67.9 Å². The zero-order valence-corrected chi connectivity index (χ0v) is 17.8. The van der Waals surface area contributed by atoms with E-state index in [1.165, 1.54) is 21.8 Å². The fourth-order valence-electron chi connectivity index (χ4n) is 4.22. The average Bonchev–Trinajstić information content (AvgIpc) is 3.35. The molecule has 5 aromatic rings. The molecule has 30 heavy (non-hydrogen) atoms. The highest BCUT2D eigenvalue weighted by atomic mass is 32.1. The number of hydrogen-bond acceptors (Lipinski definition) is 3. The van der Waals surface area contributed by atoms with Gasteiger partial charge in [0.25, 0.3) is 0 Å². The number of hydrogen-bond donors (Lipinski definition) is 1. The predicted octanol–water partition coefficient (Wildman–Crippen LogP) is 6.19. The quantitative estimate of drug-likeness (QED) is 0.337. The van der Waals surface area contributed by atoms with Gasteiger partial charge < -0.3 is 4.57 Å². The van der Waals surface area contributed by atoms with E-state index in [1.54, 1.807) is 0 Å². The molecule has 2 aromatic heterocycles. The van der Waals surface area contributed by atoms with Crippen molar-refractivity contribution in [3.63, 3.8) is 0 Å². The van der Waals surface area contributed by atoms with Crippen LogP contribution in [0.4, 0.5) is 0 Å². The Balaban J connectivity index is 1.69. The molecule has 0 N–H and O–H groups in total. The topological polar surface area (TPSA) is 35.6 Å². The van der Waals surface area contributed by atoms with E-state index >= 15 is 0 Å². The van der Waals surface area contributed by atoms with Gasteiger partial charge in [0.15, 0.2) is 11.6 Å². The van der Waals surface area contributed by atoms with Crippen molar-refractivity contribution in [1.29, 1.82) is 0 Å². The molecule has 0 amide bonds. The van der Waals surface area contributed by atoms with Crippen molar-refractivity contribution in [2.75, 3.05) is 0 Å². The molecular formula is C25H24N4S. The molecule has 1 unspecified atom stereocenters. The van der Waals surface area contributed by atoms with Crippen LogP contribution in [-0.4, -0.2) is 19.3 Å². The second-order valence-corrected chi connectivity index (χ2v) is 8.19. The molecule has 0 saturated carbocycles. The van der Waals surface area contributed by atoms with Gasteiger partial charge in [-0.25, -0.2) is 0 Å². The second-order valence-electron chi connectivity index (χ2n) is 7.57. The normalized spacial score (nSPS) is 12.6. The molecule has 0 aliphatic carbocycles. The lowest BCUT2D eigenvalue weighted by atomic mass is 10.2. The summed E-state index contributed by atoms with van der Waals surface area (Å²) in [6, 6.07) is 27.5. The SMILES string of the molecule is CCCC(S)c1nnc(Cn2c3ccccc3c3ccccc32)n1-c1ccccc1. The monoisotopic (exact) mass is 412 g/mol. The van der Waals surface area contributed by atoms with E-state index in [1.807, 2.05) is 6.07 Å². The zero-order chi connectivity index (χ0) is 20.5. The number of aromatic nitrogens is 4. The highest BCUT2D eigenvalue weighted by Crippen LogP contribution is 2.31. The summed E-state index contributed by atoms with van der Waals surface area (Å²) in [5, 5.41) is 11.8. The second kappa shape index (κ2) is 8.00. The van der Waals surface area contributed by atoms with Crippen molar-refractivity contribution < 1.29 is 0 Å². The van der Waals surface area contributed by atoms with Gasteiger partial charge in [-0.15, -0.1) is 10.2 Å². The first-order chi connectivity index (χ1) is 14.8. The van der Waals surface area contributed by atoms with Crippen LogP contribution >= 0.6 is 12.6 Å². The summed E-state index contributed by atoms with van der Waals surface area (Å²) in [4.78, 5) is 0. The summed E-state index contributed by atoms with van der Waals surface area (Å²) < 4.78 is 4.52. The fourth-order valence-corrected chi connectivity index (χ4v) is 4.65. The van der Waals surface area contributed by atoms with Gasteiger partial charge >= 0.3 is 0 Å². The van der Waals surface area contributed by atoms with Crippen LogP contribution in [-0.2, 0) is 6.54 Å². The van der Waals surface area contributed by atoms with Crippen LogP contribution < -0.4 is 0 Å². The molecule has 0 aliphatic heterocycles. The summed E-state index contributed by atoms with van der Waals surface area (Å²) in [5.74, 6) is 1.82. The maximum Gasteiger partial charge on any atom is 0.157 e. The minimum atomic E-state index is 0.0506. The summed E-state index contributed by atoms with van der Waals surface area (Å²) in [6.07, 6.45) is 2.02. The smallest absolute Gasteiger partial charge is 0.157 e. The molecule has 3 aromatic carbocycles. The molecule has 0 bridgehead atoms. The van der Waals surface area contributed by atoms with Gasteiger partial charge in [0, 0.05) is 27.5 Å². The fraction of sp³-hybridized carbons (Fsp3) is 0.200. The van der Waals surface area contributed by atoms with E-state index in [2.05, 4.69) is 99.1 Å². The average molecular weight is 413 g/mol. The highest BCUT2D eigenvalue weighted by Gasteiger charge is 2.21. The Hall–Kier alpha value is -3.05. The molecule has 1 atom stereocenters. The van der Waals surface area contributed by atoms with Gasteiger partial charge in [-0.2, -0.15) is 12.6 Å². The van der Waals surface area contributed by atoms with E-state index in [0.29, 0.717) is 6.54 Å². The Labute approximate surface area is 181 Å². The third kappa shape index (κ3) is 3.19. The van der Waals surface area contributed by atoms with E-state index < -0.39 is 0 Å². The Bertz CT molecular complexity index is 1250. The number of para-hydroxylation sites is 3. The molecular weight excluding hydrogens is 388 g/mol. The van der Waals surface area contributed by atoms with E-state index in [0.717, 1.165) is 30.2 Å². The van der Waals surface area contributed by atoms with Crippen molar-refractivity contribution in [3.05, 3.63) is 90.5 Å². The third-order valence-corrected chi connectivity index (χ3v) is 6.10. The van der Waals surface area contributed by atoms with Gasteiger partial charge in [-0.3, -0.25) is 4.57 Å². The van der Waals surface area contributed by atoms with Crippen LogP contribution in [0.25, 0.3) is 27.5 Å². The Kier molecular flexibility index (Phi) is 5.05. The lowest BCUT2D eigenvalue weighted by molar-refractivity contribution is 0.710. The third-order valence-electron chi connectivity index (χ3n) is 5.61. The Morgan fingerprint density at radius 3 is 2.03 bits per heavy atom. The van der Waals surface area contributed by atoms with E-state index in [9.17, 15) is 0 Å². The maximum absolute atomic E-state index is 4.83. The van der Waals surface area contributed by atoms with Crippen LogP contribution in [0.15, 0.2) is 78.9 Å². The summed E-state index contributed by atoms with van der Waals surface area (Å²) >= 11 is 4.83. The first kappa shape index (κ1) is 18.9. The van der Waals surface area contributed by atoms with Crippen LogP contribution in [0.2, 0.25) is 0 Å². The summed E-state index contributed by atoms with van der Waals surface area (Å²) in [6.45, 7) is 2.81. The molecule has 0 aliphatic rings. The molecule has 5 heteroatoms. The minimum absolute atomic E-state index is 0.0506. The van der Waals surface area contributed by atoms with Crippen molar-refractivity contribution in [2.45, 2.75) is 31.6 Å². The summed E-state index contributed by atoms with van der Waals surface area (Å²) in [7, 11) is 0. The van der Waals surface area contributed by atoms with Gasteiger partial charge in [-0.05, 0) is 30.7 Å². The van der Waals surface area contributed by atoms with Gasteiger partial charge in [0.05, 0.1) is 11.8 Å².